The summed E-state index contributed by atoms with van der Waals surface area (Å²) in [6.45, 7) is 4.59. The van der Waals surface area contributed by atoms with Gasteiger partial charge in [-0.05, 0) is 51.4 Å². The monoisotopic (exact) mass is 705 g/mol. The van der Waals surface area contributed by atoms with Crippen LogP contribution in [0.2, 0.25) is 0 Å². The van der Waals surface area contributed by atoms with E-state index in [1.165, 1.54) is 51.4 Å². The molecule has 0 radical (unpaired) electrons. The lowest BCUT2D eigenvalue weighted by Gasteiger charge is -2.31. The van der Waals surface area contributed by atoms with Gasteiger partial charge in [0.2, 0.25) is 0 Å². The smallest absolute Gasteiger partial charge is 0.362 e. The molecular formula is C42H74NO7+. The summed E-state index contributed by atoms with van der Waals surface area (Å²) in [5, 5.41) is 9.57. The molecule has 0 bridgehead atoms. The highest BCUT2D eigenvalue weighted by Gasteiger charge is 2.31. The topological polar surface area (TPSA) is 99.1 Å². The fraction of sp³-hybridized carbons (Fsp3) is 0.738. The van der Waals surface area contributed by atoms with Crippen molar-refractivity contribution in [2.75, 3.05) is 41.0 Å². The third kappa shape index (κ3) is 31.3. The summed E-state index contributed by atoms with van der Waals surface area (Å²) < 4.78 is 17.1. The van der Waals surface area contributed by atoms with Crippen molar-refractivity contribution in [3.63, 3.8) is 0 Å². The van der Waals surface area contributed by atoms with Crippen molar-refractivity contribution < 1.29 is 38.2 Å². The molecule has 0 aromatic carbocycles. The van der Waals surface area contributed by atoms with Crippen LogP contribution in [0, 0.1) is 0 Å². The highest BCUT2D eigenvalue weighted by Crippen LogP contribution is 2.12. The molecule has 2 unspecified atom stereocenters. The normalized spacial score (nSPS) is 13.5. The molecule has 0 saturated carbocycles. The van der Waals surface area contributed by atoms with Crippen molar-refractivity contribution in [3.05, 3.63) is 48.6 Å². The molecule has 0 rings (SSSR count). The van der Waals surface area contributed by atoms with E-state index in [0.29, 0.717) is 19.3 Å². The number of rotatable bonds is 34. The number of likely N-dealkylation sites (N-methyl/N-ethyl adjacent to an activating group) is 1. The molecule has 8 heteroatoms. The Hall–Kier alpha value is -2.71. The molecule has 0 aromatic heterocycles. The van der Waals surface area contributed by atoms with Gasteiger partial charge in [0.1, 0.15) is 6.61 Å². The zero-order chi connectivity index (χ0) is 37.1. The minimum absolute atomic E-state index is 0.0400. The number of carboxylic acid groups (broad SMARTS) is 1. The molecule has 0 heterocycles. The number of allylic oxidation sites excluding steroid dienone is 8. The van der Waals surface area contributed by atoms with Gasteiger partial charge in [-0.3, -0.25) is 9.59 Å². The van der Waals surface area contributed by atoms with Crippen molar-refractivity contribution in [1.29, 1.82) is 0 Å². The second kappa shape index (κ2) is 33.4. The van der Waals surface area contributed by atoms with Crippen molar-refractivity contribution in [1.82, 2.24) is 0 Å². The number of carbonyl (C=O) groups excluding carboxylic acids is 2. The van der Waals surface area contributed by atoms with Gasteiger partial charge in [-0.1, -0.05) is 127 Å². The molecule has 0 fully saturated rings. The fourth-order valence-electron chi connectivity index (χ4n) is 5.40. The first-order valence-corrected chi connectivity index (χ1v) is 19.7. The second-order valence-electron chi connectivity index (χ2n) is 14.2. The molecule has 1 N–H and O–H groups in total. The van der Waals surface area contributed by atoms with Crippen LogP contribution in [0.1, 0.15) is 149 Å². The zero-order valence-corrected chi connectivity index (χ0v) is 32.6. The first kappa shape index (κ1) is 47.3. The number of quaternary nitrogens is 1. The second-order valence-corrected chi connectivity index (χ2v) is 14.2. The van der Waals surface area contributed by atoms with Gasteiger partial charge in [-0.25, -0.2) is 4.79 Å². The molecule has 0 aromatic rings. The van der Waals surface area contributed by atoms with Crippen LogP contribution in [0.25, 0.3) is 0 Å². The van der Waals surface area contributed by atoms with Gasteiger partial charge >= 0.3 is 17.9 Å². The van der Waals surface area contributed by atoms with Crippen LogP contribution in [0.5, 0.6) is 0 Å². The van der Waals surface area contributed by atoms with Crippen LogP contribution >= 0.6 is 0 Å². The number of hydrogen-bond acceptors (Lipinski definition) is 6. The van der Waals surface area contributed by atoms with Crippen LogP contribution in [0.4, 0.5) is 0 Å². The molecule has 0 aliphatic rings. The Morgan fingerprint density at radius 1 is 0.600 bits per heavy atom. The summed E-state index contributed by atoms with van der Waals surface area (Å²) >= 11 is 0. The van der Waals surface area contributed by atoms with E-state index in [2.05, 4.69) is 56.4 Å². The van der Waals surface area contributed by atoms with Gasteiger partial charge in [-0.2, -0.15) is 0 Å². The molecule has 8 nitrogen and oxygen atoms in total. The van der Waals surface area contributed by atoms with Crippen molar-refractivity contribution in [3.8, 4) is 0 Å². The van der Waals surface area contributed by atoms with Crippen molar-refractivity contribution in [2.24, 2.45) is 0 Å². The molecule has 288 valence electrons. The lowest BCUT2D eigenvalue weighted by atomic mass is 10.1. The van der Waals surface area contributed by atoms with Gasteiger partial charge in [0, 0.05) is 19.3 Å². The van der Waals surface area contributed by atoms with Gasteiger partial charge in [-0.15, -0.1) is 0 Å². The minimum Gasteiger partial charge on any atom is -0.477 e. The van der Waals surface area contributed by atoms with E-state index in [9.17, 15) is 19.5 Å². The average molecular weight is 705 g/mol. The van der Waals surface area contributed by atoms with Crippen LogP contribution in [0.15, 0.2) is 48.6 Å². The minimum atomic E-state index is -0.886. The van der Waals surface area contributed by atoms with E-state index in [1.807, 2.05) is 27.2 Å². The number of unbranched alkanes of at least 4 members (excludes halogenated alkanes) is 14. The van der Waals surface area contributed by atoms with E-state index >= 15 is 0 Å². The van der Waals surface area contributed by atoms with E-state index < -0.39 is 18.1 Å². The predicted molar refractivity (Wildman–Crippen MR) is 206 cm³/mol. The van der Waals surface area contributed by atoms with E-state index in [4.69, 9.17) is 14.2 Å². The summed E-state index contributed by atoms with van der Waals surface area (Å²) in [6, 6.07) is -0.622. The number of carboxylic acids is 1. The maximum absolute atomic E-state index is 12.6. The van der Waals surface area contributed by atoms with Crippen LogP contribution < -0.4 is 0 Å². The molecule has 0 amide bonds. The van der Waals surface area contributed by atoms with Crippen molar-refractivity contribution in [2.45, 2.75) is 161 Å². The van der Waals surface area contributed by atoms with Gasteiger partial charge in [0.05, 0.1) is 34.4 Å². The van der Waals surface area contributed by atoms with Crippen LogP contribution in [0.3, 0.4) is 0 Å². The summed E-state index contributed by atoms with van der Waals surface area (Å²) in [5.74, 6) is -1.57. The summed E-state index contributed by atoms with van der Waals surface area (Å²) in [5.41, 5.74) is 0. The highest BCUT2D eigenvalue weighted by molar-refractivity contribution is 5.72. The molecule has 0 spiro atoms. The number of nitrogens with zero attached hydrogens (tertiary/aromatic N) is 1. The number of aliphatic carboxylic acids is 1. The largest absolute Gasteiger partial charge is 0.477 e. The molecular weight excluding hydrogens is 630 g/mol. The third-order valence-electron chi connectivity index (χ3n) is 8.53. The Morgan fingerprint density at radius 2 is 1.12 bits per heavy atom. The summed E-state index contributed by atoms with van der Waals surface area (Å²) in [7, 11) is 5.49. The summed E-state index contributed by atoms with van der Waals surface area (Å²) in [6.07, 6.45) is 37.4. The zero-order valence-electron chi connectivity index (χ0n) is 32.6. The van der Waals surface area contributed by atoms with Crippen LogP contribution in [-0.2, 0) is 28.6 Å². The molecule has 0 aliphatic carbocycles. The Kier molecular flexibility index (Phi) is 31.6. The Balaban J connectivity index is 4.44. The standard InChI is InChI=1S/C42H73NO7/c1-6-8-10-12-14-16-17-18-19-20-21-22-23-24-25-27-29-31-33-41(45)50-38(36-48-35-34-39(42(46)47)43(3,4)5)37-49-40(44)32-30-28-26-15-13-11-9-7-2/h17-22,26,28,38-39H,6-16,23-25,27,29-37H2,1-5H3/p+1/b18-17+,20-19+,22-21+,28-26+. The number of hydrogen-bond donors (Lipinski definition) is 1. The van der Waals surface area contributed by atoms with E-state index in [-0.39, 0.29) is 42.7 Å². The Bertz CT molecular complexity index is 964. The first-order chi connectivity index (χ1) is 24.1. The van der Waals surface area contributed by atoms with E-state index in [1.54, 1.807) is 0 Å². The predicted octanol–water partition coefficient (Wildman–Crippen LogP) is 10.1. The maximum atomic E-state index is 12.6. The van der Waals surface area contributed by atoms with Gasteiger partial charge < -0.3 is 23.8 Å². The highest BCUT2D eigenvalue weighted by atomic mass is 16.6. The maximum Gasteiger partial charge on any atom is 0.362 e. The summed E-state index contributed by atoms with van der Waals surface area (Å²) in [4.78, 5) is 36.7. The number of esters is 2. The lowest BCUT2D eigenvalue weighted by molar-refractivity contribution is -0.887. The third-order valence-corrected chi connectivity index (χ3v) is 8.53. The average Bonchev–Trinajstić information content (AvgIpc) is 3.06. The SMILES string of the molecule is CCCCCC/C=C/CCC(=O)OCC(COCCC(C(=O)O)[N+](C)(C)C)OC(=O)CCCCCCC/C=C/C=C/C=C/CCCCCCC. The molecule has 0 saturated heterocycles. The van der Waals surface area contributed by atoms with Gasteiger partial charge in [0.25, 0.3) is 0 Å². The lowest BCUT2D eigenvalue weighted by Crippen LogP contribution is -2.50. The number of ether oxygens (including phenoxy) is 3. The van der Waals surface area contributed by atoms with Gasteiger partial charge in [0.15, 0.2) is 12.1 Å². The molecule has 2 atom stereocenters. The van der Waals surface area contributed by atoms with Crippen LogP contribution in [-0.4, -0.2) is 80.6 Å². The first-order valence-electron chi connectivity index (χ1n) is 19.7. The molecule has 50 heavy (non-hydrogen) atoms. The number of carbonyl (C=O) groups is 3. The van der Waals surface area contributed by atoms with E-state index in [0.717, 1.165) is 57.8 Å². The quantitative estimate of drug-likeness (QED) is 0.0234. The fourth-order valence-corrected chi connectivity index (χ4v) is 5.40. The van der Waals surface area contributed by atoms with Crippen molar-refractivity contribution >= 4 is 17.9 Å². The Labute approximate surface area is 306 Å². The molecule has 0 aliphatic heterocycles. The Morgan fingerprint density at radius 3 is 1.70 bits per heavy atom.